The first-order valence-electron chi connectivity index (χ1n) is 6.87. The highest BCUT2D eigenvalue weighted by atomic mass is 19.1. The summed E-state index contributed by atoms with van der Waals surface area (Å²) in [5, 5.41) is 9.03. The molecule has 23 heavy (non-hydrogen) atoms. The molecule has 0 aliphatic rings. The van der Waals surface area contributed by atoms with Crippen LogP contribution in [-0.2, 0) is 13.7 Å². The molecule has 3 aromatic rings. The number of nitrogens with zero attached hydrogens (tertiary/aromatic N) is 3. The standard InChI is InChI=1S/C17H12FN3O2/c1-21-15-7-6-12(18)8-13(15)20-14(17(21)22)10-23-16-5-3-2-4-11(16)9-19/h2-8H,10H2,1H3. The second-order valence-electron chi connectivity index (χ2n) is 4.95. The van der Waals surface area contributed by atoms with Crippen LogP contribution in [0, 0.1) is 17.1 Å². The van der Waals surface area contributed by atoms with Gasteiger partial charge < -0.3 is 9.30 Å². The lowest BCUT2D eigenvalue weighted by molar-refractivity contribution is 0.298. The van der Waals surface area contributed by atoms with Crippen molar-refractivity contribution in [2.24, 2.45) is 7.05 Å². The summed E-state index contributed by atoms with van der Waals surface area (Å²) in [7, 11) is 1.59. The molecule has 5 nitrogen and oxygen atoms in total. The molecule has 0 fully saturated rings. The minimum absolute atomic E-state index is 0.0994. The van der Waals surface area contributed by atoms with Crippen LogP contribution < -0.4 is 10.3 Å². The third-order valence-corrected chi connectivity index (χ3v) is 3.48. The zero-order chi connectivity index (χ0) is 16.4. The Morgan fingerprint density at radius 3 is 2.87 bits per heavy atom. The van der Waals surface area contributed by atoms with Crippen LogP contribution in [-0.4, -0.2) is 9.55 Å². The smallest absolute Gasteiger partial charge is 0.276 e. The molecule has 0 N–H and O–H groups in total. The van der Waals surface area contributed by atoms with E-state index in [4.69, 9.17) is 10.00 Å². The Morgan fingerprint density at radius 1 is 1.30 bits per heavy atom. The Balaban J connectivity index is 1.99. The summed E-state index contributed by atoms with van der Waals surface area (Å²) in [6.45, 7) is -0.0994. The fourth-order valence-corrected chi connectivity index (χ4v) is 2.29. The van der Waals surface area contributed by atoms with E-state index in [0.717, 1.165) is 0 Å². The monoisotopic (exact) mass is 309 g/mol. The fourth-order valence-electron chi connectivity index (χ4n) is 2.29. The van der Waals surface area contributed by atoms with E-state index >= 15 is 0 Å². The largest absolute Gasteiger partial charge is 0.486 e. The molecule has 1 aromatic heterocycles. The van der Waals surface area contributed by atoms with Crippen molar-refractivity contribution in [2.45, 2.75) is 6.61 Å². The predicted molar refractivity (Wildman–Crippen MR) is 82.4 cm³/mol. The Bertz CT molecular complexity index is 989. The maximum absolute atomic E-state index is 13.4. The maximum Gasteiger partial charge on any atom is 0.276 e. The molecule has 0 aliphatic heterocycles. The number of ether oxygens (including phenoxy) is 1. The molecule has 2 aromatic carbocycles. The van der Waals surface area contributed by atoms with Crippen LogP contribution in [0.15, 0.2) is 47.3 Å². The van der Waals surface area contributed by atoms with Crippen molar-refractivity contribution in [1.82, 2.24) is 9.55 Å². The van der Waals surface area contributed by atoms with Gasteiger partial charge in [-0.1, -0.05) is 12.1 Å². The minimum atomic E-state index is -0.426. The van der Waals surface area contributed by atoms with Crippen LogP contribution in [0.3, 0.4) is 0 Å². The van der Waals surface area contributed by atoms with Crippen molar-refractivity contribution in [2.75, 3.05) is 0 Å². The van der Waals surface area contributed by atoms with Crippen molar-refractivity contribution in [3.8, 4) is 11.8 Å². The highest BCUT2D eigenvalue weighted by molar-refractivity contribution is 5.74. The molecule has 3 rings (SSSR count). The number of fused-ring (bicyclic) bond motifs is 1. The number of rotatable bonds is 3. The number of para-hydroxylation sites is 1. The molecule has 0 saturated heterocycles. The maximum atomic E-state index is 13.4. The first-order valence-corrected chi connectivity index (χ1v) is 6.87. The van der Waals surface area contributed by atoms with Gasteiger partial charge in [0.15, 0.2) is 0 Å². The molecule has 6 heteroatoms. The van der Waals surface area contributed by atoms with Gasteiger partial charge in [0.25, 0.3) is 5.56 Å². The third-order valence-electron chi connectivity index (χ3n) is 3.48. The molecule has 0 atom stereocenters. The highest BCUT2D eigenvalue weighted by Crippen LogP contribution is 2.18. The molecule has 0 bridgehead atoms. The number of hydrogen-bond acceptors (Lipinski definition) is 4. The predicted octanol–water partition coefficient (Wildman–Crippen LogP) is 2.52. The first kappa shape index (κ1) is 14.7. The number of aryl methyl sites for hydroxylation is 1. The van der Waals surface area contributed by atoms with Crippen molar-refractivity contribution in [1.29, 1.82) is 5.26 Å². The van der Waals surface area contributed by atoms with Crippen LogP contribution in [0.2, 0.25) is 0 Å². The number of halogens is 1. The molecule has 0 unspecified atom stereocenters. The van der Waals surface area contributed by atoms with Gasteiger partial charge in [-0.2, -0.15) is 5.26 Å². The molecule has 0 spiro atoms. The van der Waals surface area contributed by atoms with E-state index in [2.05, 4.69) is 4.98 Å². The summed E-state index contributed by atoms with van der Waals surface area (Å²) in [6, 6.07) is 12.8. The lowest BCUT2D eigenvalue weighted by atomic mass is 10.2. The molecule has 0 amide bonds. The highest BCUT2D eigenvalue weighted by Gasteiger charge is 2.11. The van der Waals surface area contributed by atoms with Gasteiger partial charge in [-0.3, -0.25) is 4.79 Å². The summed E-state index contributed by atoms with van der Waals surface area (Å²) in [5.41, 5.74) is 1.12. The summed E-state index contributed by atoms with van der Waals surface area (Å²) < 4.78 is 20.3. The fraction of sp³-hybridized carbons (Fsp3) is 0.118. The molecule has 1 heterocycles. The number of benzene rings is 2. The molecule has 0 radical (unpaired) electrons. The van der Waals surface area contributed by atoms with Crippen LogP contribution in [0.1, 0.15) is 11.3 Å². The Kier molecular flexibility index (Phi) is 3.77. The van der Waals surface area contributed by atoms with Gasteiger partial charge in [0.1, 0.15) is 29.9 Å². The minimum Gasteiger partial charge on any atom is -0.486 e. The number of hydrogen-bond donors (Lipinski definition) is 0. The summed E-state index contributed by atoms with van der Waals surface area (Å²) in [6.07, 6.45) is 0. The topological polar surface area (TPSA) is 67.9 Å². The average Bonchev–Trinajstić information content (AvgIpc) is 2.57. The van der Waals surface area contributed by atoms with E-state index in [1.54, 1.807) is 31.3 Å². The van der Waals surface area contributed by atoms with Gasteiger partial charge in [-0.05, 0) is 24.3 Å². The lowest BCUT2D eigenvalue weighted by Gasteiger charge is -2.10. The van der Waals surface area contributed by atoms with E-state index in [0.29, 0.717) is 22.3 Å². The number of nitriles is 1. The van der Waals surface area contributed by atoms with Crippen molar-refractivity contribution >= 4 is 11.0 Å². The quantitative estimate of drug-likeness (QED) is 0.745. The van der Waals surface area contributed by atoms with E-state index in [1.165, 1.54) is 22.8 Å². The van der Waals surface area contributed by atoms with Crippen LogP contribution in [0.5, 0.6) is 5.75 Å². The molecular formula is C17H12FN3O2. The molecule has 114 valence electrons. The van der Waals surface area contributed by atoms with Crippen LogP contribution in [0.4, 0.5) is 4.39 Å². The van der Waals surface area contributed by atoms with Gasteiger partial charge in [0.05, 0.1) is 16.6 Å². The second-order valence-corrected chi connectivity index (χ2v) is 4.95. The van der Waals surface area contributed by atoms with Gasteiger partial charge in [-0.25, -0.2) is 9.37 Å². The van der Waals surface area contributed by atoms with Crippen LogP contribution in [0.25, 0.3) is 11.0 Å². The molecule has 0 aliphatic carbocycles. The van der Waals surface area contributed by atoms with Gasteiger partial charge in [0, 0.05) is 13.1 Å². The molecular weight excluding hydrogens is 297 g/mol. The van der Waals surface area contributed by atoms with Gasteiger partial charge >= 0.3 is 0 Å². The lowest BCUT2D eigenvalue weighted by Crippen LogP contribution is -2.24. The first-order chi connectivity index (χ1) is 11.1. The average molecular weight is 309 g/mol. The SMILES string of the molecule is Cn1c(=O)c(COc2ccccc2C#N)nc2cc(F)ccc21. The third kappa shape index (κ3) is 2.77. The zero-order valence-corrected chi connectivity index (χ0v) is 12.3. The van der Waals surface area contributed by atoms with E-state index in [9.17, 15) is 9.18 Å². The summed E-state index contributed by atoms with van der Waals surface area (Å²) in [4.78, 5) is 16.5. The van der Waals surface area contributed by atoms with E-state index in [1.807, 2.05) is 6.07 Å². The van der Waals surface area contributed by atoms with E-state index in [-0.39, 0.29) is 17.9 Å². The van der Waals surface area contributed by atoms with Crippen molar-refractivity contribution in [3.05, 3.63) is 69.9 Å². The zero-order valence-electron chi connectivity index (χ0n) is 12.3. The number of aromatic nitrogens is 2. The second kappa shape index (κ2) is 5.89. The normalized spacial score (nSPS) is 10.5. The van der Waals surface area contributed by atoms with E-state index < -0.39 is 5.82 Å². The Labute approximate surface area is 131 Å². The summed E-state index contributed by atoms with van der Waals surface area (Å²) >= 11 is 0. The Hall–Kier alpha value is -3.20. The Morgan fingerprint density at radius 2 is 2.09 bits per heavy atom. The summed E-state index contributed by atoms with van der Waals surface area (Å²) in [5.74, 6) is -0.0523. The molecule has 0 saturated carbocycles. The van der Waals surface area contributed by atoms with Gasteiger partial charge in [-0.15, -0.1) is 0 Å². The van der Waals surface area contributed by atoms with Gasteiger partial charge in [0.2, 0.25) is 0 Å². The van der Waals surface area contributed by atoms with Crippen LogP contribution >= 0.6 is 0 Å². The van der Waals surface area contributed by atoms with Crippen molar-refractivity contribution < 1.29 is 9.13 Å². The van der Waals surface area contributed by atoms with Crippen molar-refractivity contribution in [3.63, 3.8) is 0 Å².